The van der Waals surface area contributed by atoms with E-state index in [0.29, 0.717) is 12.6 Å². The number of likely N-dealkylation sites (N-methyl/N-ethyl adjacent to an activating group) is 1. The average molecular weight is 418 g/mol. The molecule has 1 fully saturated rings. The number of ether oxygens (including phenoxy) is 1. The van der Waals surface area contributed by atoms with E-state index in [4.69, 9.17) is 4.74 Å². The summed E-state index contributed by atoms with van der Waals surface area (Å²) < 4.78 is 6.11. The Bertz CT molecular complexity index is 653. The number of aliphatic imine (C=N–C) groups is 1. The summed E-state index contributed by atoms with van der Waals surface area (Å²) in [6, 6.07) is 6.92. The summed E-state index contributed by atoms with van der Waals surface area (Å²) in [5, 5.41) is 6.94. The molecule has 6 nitrogen and oxygen atoms in total. The van der Waals surface area contributed by atoms with E-state index >= 15 is 0 Å². The summed E-state index contributed by atoms with van der Waals surface area (Å²) in [6.45, 7) is 15.8. The Labute approximate surface area is 184 Å². The van der Waals surface area contributed by atoms with E-state index in [1.807, 2.05) is 7.05 Å². The first kappa shape index (κ1) is 24.5. The molecule has 2 N–H and O–H groups in total. The maximum Gasteiger partial charge on any atom is 0.191 e. The highest BCUT2D eigenvalue weighted by molar-refractivity contribution is 5.79. The van der Waals surface area contributed by atoms with Gasteiger partial charge >= 0.3 is 0 Å². The Morgan fingerprint density at radius 3 is 2.53 bits per heavy atom. The highest BCUT2D eigenvalue weighted by Crippen LogP contribution is 2.21. The van der Waals surface area contributed by atoms with Crippen LogP contribution in [0.15, 0.2) is 23.2 Å². The van der Waals surface area contributed by atoms with Gasteiger partial charge in [0.15, 0.2) is 5.96 Å². The van der Waals surface area contributed by atoms with Crippen LogP contribution in [0.5, 0.6) is 5.75 Å². The second-order valence-corrected chi connectivity index (χ2v) is 8.99. The quantitative estimate of drug-likeness (QED) is 0.348. The second kappa shape index (κ2) is 12.8. The first-order chi connectivity index (χ1) is 14.4. The van der Waals surface area contributed by atoms with Gasteiger partial charge in [-0.1, -0.05) is 26.0 Å². The first-order valence-electron chi connectivity index (χ1n) is 11.5. The molecular formula is C24H43N5O. The van der Waals surface area contributed by atoms with E-state index in [1.165, 1.54) is 17.5 Å². The van der Waals surface area contributed by atoms with Crippen molar-refractivity contribution in [3.63, 3.8) is 0 Å². The summed E-state index contributed by atoms with van der Waals surface area (Å²) >= 11 is 0. The van der Waals surface area contributed by atoms with Crippen molar-refractivity contribution in [2.24, 2.45) is 10.9 Å². The van der Waals surface area contributed by atoms with Crippen molar-refractivity contribution in [3.05, 3.63) is 29.3 Å². The van der Waals surface area contributed by atoms with E-state index in [0.717, 1.165) is 63.4 Å². The van der Waals surface area contributed by atoms with Crippen molar-refractivity contribution >= 4 is 5.96 Å². The molecule has 6 heteroatoms. The van der Waals surface area contributed by atoms with Crippen LogP contribution in [0, 0.1) is 12.8 Å². The summed E-state index contributed by atoms with van der Waals surface area (Å²) in [4.78, 5) is 9.34. The maximum atomic E-state index is 6.11. The standard InChI is InChI=1S/C24H43N5O/c1-19(2)8-7-15-30-23-16-20(3)9-10-22(23)18-27-24(25-5)26-17-21(4)29-13-11-28(6)12-14-29/h9-10,16,19,21H,7-8,11-15,17-18H2,1-6H3,(H2,25,26,27). The fourth-order valence-electron chi connectivity index (χ4n) is 3.65. The zero-order valence-electron chi connectivity index (χ0n) is 20.0. The van der Waals surface area contributed by atoms with E-state index in [9.17, 15) is 0 Å². The van der Waals surface area contributed by atoms with E-state index in [1.54, 1.807) is 0 Å². The molecule has 1 saturated heterocycles. The van der Waals surface area contributed by atoms with E-state index in [2.05, 4.69) is 78.4 Å². The Morgan fingerprint density at radius 2 is 1.87 bits per heavy atom. The van der Waals surface area contributed by atoms with Crippen LogP contribution in [0.4, 0.5) is 0 Å². The predicted octanol–water partition coefficient (Wildman–Crippen LogP) is 3.11. The molecule has 1 heterocycles. The number of rotatable bonds is 10. The highest BCUT2D eigenvalue weighted by atomic mass is 16.5. The Balaban J connectivity index is 1.82. The Kier molecular flexibility index (Phi) is 10.4. The summed E-state index contributed by atoms with van der Waals surface area (Å²) in [5.74, 6) is 2.53. The third-order valence-corrected chi connectivity index (χ3v) is 5.80. The number of nitrogens with one attached hydrogen (secondary N) is 2. The number of hydrogen-bond donors (Lipinski definition) is 2. The van der Waals surface area contributed by atoms with Gasteiger partial charge in [0.25, 0.3) is 0 Å². The lowest BCUT2D eigenvalue weighted by Crippen LogP contribution is -2.52. The molecule has 1 aliphatic heterocycles. The largest absolute Gasteiger partial charge is 0.493 e. The predicted molar refractivity (Wildman–Crippen MR) is 127 cm³/mol. The number of aryl methyl sites for hydroxylation is 1. The molecule has 1 aromatic carbocycles. The molecule has 30 heavy (non-hydrogen) atoms. The molecule has 1 aromatic rings. The third-order valence-electron chi connectivity index (χ3n) is 5.80. The molecule has 170 valence electrons. The van der Waals surface area contributed by atoms with E-state index in [-0.39, 0.29) is 0 Å². The van der Waals surface area contributed by atoms with Gasteiger partial charge in [0.05, 0.1) is 6.61 Å². The molecule has 1 atom stereocenters. The number of benzene rings is 1. The number of hydrogen-bond acceptors (Lipinski definition) is 4. The fraction of sp³-hybridized carbons (Fsp3) is 0.708. The van der Waals surface area contributed by atoms with E-state index < -0.39 is 0 Å². The van der Waals surface area contributed by atoms with Gasteiger partial charge in [-0.25, -0.2) is 0 Å². The monoisotopic (exact) mass is 417 g/mol. The van der Waals surface area contributed by atoms with Gasteiger partial charge < -0.3 is 20.3 Å². The normalized spacial score (nSPS) is 17.2. The molecule has 2 rings (SSSR count). The van der Waals surface area contributed by atoms with Gasteiger partial charge in [0, 0.05) is 57.9 Å². The lowest BCUT2D eigenvalue weighted by molar-refractivity contribution is 0.120. The van der Waals surface area contributed by atoms with Crippen LogP contribution in [-0.2, 0) is 6.54 Å². The summed E-state index contributed by atoms with van der Waals surface area (Å²) in [6.07, 6.45) is 2.29. The average Bonchev–Trinajstić information content (AvgIpc) is 2.72. The van der Waals surface area contributed by atoms with Crippen molar-refractivity contribution in [1.29, 1.82) is 0 Å². The first-order valence-corrected chi connectivity index (χ1v) is 11.5. The van der Waals surface area contributed by atoms with Gasteiger partial charge in [0.2, 0.25) is 0 Å². The van der Waals surface area contributed by atoms with Gasteiger partial charge in [-0.3, -0.25) is 9.89 Å². The minimum atomic E-state index is 0.483. The van der Waals surface area contributed by atoms with Crippen LogP contribution < -0.4 is 15.4 Å². The molecule has 0 spiro atoms. The SMILES string of the molecule is CN=C(NCc1ccc(C)cc1OCCCC(C)C)NCC(C)N1CCN(C)CC1. The molecule has 1 unspecified atom stereocenters. The molecule has 0 saturated carbocycles. The summed E-state index contributed by atoms with van der Waals surface area (Å²) in [5.41, 5.74) is 2.39. The lowest BCUT2D eigenvalue weighted by Gasteiger charge is -2.36. The van der Waals surface area contributed by atoms with Crippen LogP contribution in [-0.4, -0.2) is 75.2 Å². The van der Waals surface area contributed by atoms with Crippen molar-refractivity contribution in [2.75, 3.05) is 53.4 Å². The molecule has 0 aromatic heterocycles. The number of guanidine groups is 1. The number of nitrogens with zero attached hydrogens (tertiary/aromatic N) is 3. The van der Waals surface area contributed by atoms with Crippen LogP contribution in [0.1, 0.15) is 44.7 Å². The molecule has 0 aliphatic carbocycles. The van der Waals surface area contributed by atoms with Crippen LogP contribution in [0.2, 0.25) is 0 Å². The second-order valence-electron chi connectivity index (χ2n) is 8.99. The topological polar surface area (TPSA) is 52.1 Å². The van der Waals surface area contributed by atoms with Crippen LogP contribution in [0.25, 0.3) is 0 Å². The smallest absolute Gasteiger partial charge is 0.191 e. The van der Waals surface area contributed by atoms with Crippen molar-refractivity contribution in [2.45, 2.75) is 53.1 Å². The molecular weight excluding hydrogens is 374 g/mol. The lowest BCUT2D eigenvalue weighted by atomic mass is 10.1. The van der Waals surface area contributed by atoms with Crippen molar-refractivity contribution in [3.8, 4) is 5.75 Å². The Hall–Kier alpha value is -1.79. The van der Waals surface area contributed by atoms with Gasteiger partial charge in [-0.05, 0) is 51.3 Å². The van der Waals surface area contributed by atoms with Crippen LogP contribution in [0.3, 0.4) is 0 Å². The van der Waals surface area contributed by atoms with Gasteiger partial charge in [0.1, 0.15) is 5.75 Å². The van der Waals surface area contributed by atoms with Gasteiger partial charge in [-0.15, -0.1) is 0 Å². The van der Waals surface area contributed by atoms with Gasteiger partial charge in [-0.2, -0.15) is 0 Å². The minimum absolute atomic E-state index is 0.483. The minimum Gasteiger partial charge on any atom is -0.493 e. The van der Waals surface area contributed by atoms with Crippen molar-refractivity contribution in [1.82, 2.24) is 20.4 Å². The zero-order valence-corrected chi connectivity index (χ0v) is 20.0. The molecule has 1 aliphatic rings. The fourth-order valence-corrected chi connectivity index (χ4v) is 3.65. The molecule has 0 amide bonds. The van der Waals surface area contributed by atoms with Crippen LogP contribution >= 0.6 is 0 Å². The molecule has 0 radical (unpaired) electrons. The molecule has 0 bridgehead atoms. The Morgan fingerprint density at radius 1 is 1.13 bits per heavy atom. The maximum absolute atomic E-state index is 6.11. The summed E-state index contributed by atoms with van der Waals surface area (Å²) in [7, 11) is 4.02. The zero-order chi connectivity index (χ0) is 21.9. The third kappa shape index (κ3) is 8.52. The number of piperazine rings is 1. The highest BCUT2D eigenvalue weighted by Gasteiger charge is 2.19. The van der Waals surface area contributed by atoms with Crippen molar-refractivity contribution < 1.29 is 4.74 Å².